The number of hydrogen-bond donors (Lipinski definition) is 1. The number of hydrogen-bond acceptors (Lipinski definition) is 2. The van der Waals surface area contributed by atoms with E-state index in [2.05, 4.69) is 6.92 Å². The molecular formula is C17H23BrN2O2. The molecule has 0 aliphatic carbocycles. The van der Waals surface area contributed by atoms with Crippen LogP contribution in [0.5, 0.6) is 0 Å². The number of carbonyl (C=O) groups is 2. The van der Waals surface area contributed by atoms with Gasteiger partial charge in [-0.2, -0.15) is 0 Å². The summed E-state index contributed by atoms with van der Waals surface area (Å²) in [5, 5.41) is 0. The molecule has 1 fully saturated rings. The molecule has 3 rings (SSSR count). The maximum atomic E-state index is 12.2. The van der Waals surface area contributed by atoms with Gasteiger partial charge in [-0.15, -0.1) is 0 Å². The summed E-state index contributed by atoms with van der Waals surface area (Å²) in [6.45, 7) is 6.37. The summed E-state index contributed by atoms with van der Waals surface area (Å²) >= 11 is 0. The van der Waals surface area contributed by atoms with Gasteiger partial charge >= 0.3 is 0 Å². The normalized spacial score (nSPS) is 24.1. The number of fused-ring (bicyclic) bond motifs is 1. The van der Waals surface area contributed by atoms with Gasteiger partial charge in [-0.1, -0.05) is 19.1 Å². The van der Waals surface area contributed by atoms with E-state index in [1.165, 1.54) is 30.8 Å². The molecule has 2 aliphatic rings. The topological polar surface area (TPSA) is 41.8 Å². The molecule has 120 valence electrons. The minimum Gasteiger partial charge on any atom is -1.00 e. The van der Waals surface area contributed by atoms with E-state index in [0.717, 1.165) is 18.9 Å². The first-order chi connectivity index (χ1) is 10.2. The van der Waals surface area contributed by atoms with Crippen LogP contribution in [0.4, 0.5) is 0 Å². The van der Waals surface area contributed by atoms with Crippen LogP contribution in [0.15, 0.2) is 24.3 Å². The maximum Gasteiger partial charge on any atom is 0.261 e. The largest absolute Gasteiger partial charge is 1.00 e. The summed E-state index contributed by atoms with van der Waals surface area (Å²) in [6.07, 6.45) is 3.49. The fraction of sp³-hybridized carbons (Fsp3) is 0.529. The van der Waals surface area contributed by atoms with Gasteiger partial charge < -0.3 is 21.9 Å². The van der Waals surface area contributed by atoms with Gasteiger partial charge in [0.15, 0.2) is 0 Å². The summed E-state index contributed by atoms with van der Waals surface area (Å²) in [5.74, 6) is 0.598. The molecule has 0 aromatic heterocycles. The molecule has 1 saturated heterocycles. The van der Waals surface area contributed by atoms with Crippen LogP contribution in [0, 0.1) is 5.92 Å². The van der Waals surface area contributed by atoms with E-state index in [-0.39, 0.29) is 28.8 Å². The SMILES string of the molecule is CC1CC[NH+](CCCN2C(=O)c3ccccc3C2=O)CC1.[Br-]. The summed E-state index contributed by atoms with van der Waals surface area (Å²) in [4.78, 5) is 27.5. The third-order valence-electron chi connectivity index (χ3n) is 4.77. The molecule has 0 bridgehead atoms. The molecule has 2 heterocycles. The van der Waals surface area contributed by atoms with Gasteiger partial charge in [0.05, 0.1) is 30.8 Å². The Kier molecular flexibility index (Phi) is 5.75. The van der Waals surface area contributed by atoms with Crippen LogP contribution in [0.3, 0.4) is 0 Å². The van der Waals surface area contributed by atoms with Crippen LogP contribution in [-0.2, 0) is 0 Å². The Balaban J connectivity index is 0.00000176. The first-order valence-electron chi connectivity index (χ1n) is 7.95. The predicted molar refractivity (Wildman–Crippen MR) is 80.4 cm³/mol. The van der Waals surface area contributed by atoms with Gasteiger partial charge in [-0.3, -0.25) is 14.5 Å². The number of rotatable bonds is 4. The highest BCUT2D eigenvalue weighted by molar-refractivity contribution is 6.21. The Morgan fingerprint density at radius 3 is 2.18 bits per heavy atom. The number of carbonyl (C=O) groups excluding carboxylic acids is 2. The lowest BCUT2D eigenvalue weighted by atomic mass is 9.99. The van der Waals surface area contributed by atoms with Crippen LogP contribution in [0.2, 0.25) is 0 Å². The highest BCUT2D eigenvalue weighted by atomic mass is 79.9. The number of halogens is 1. The second-order valence-electron chi connectivity index (χ2n) is 6.34. The summed E-state index contributed by atoms with van der Waals surface area (Å²) in [6, 6.07) is 7.11. The molecule has 5 heteroatoms. The number of benzene rings is 1. The lowest BCUT2D eigenvalue weighted by Crippen LogP contribution is -3.13. The van der Waals surface area contributed by atoms with Crippen molar-refractivity contribution < 1.29 is 31.5 Å². The molecule has 1 aromatic carbocycles. The number of piperidine rings is 1. The summed E-state index contributed by atoms with van der Waals surface area (Å²) in [5.41, 5.74) is 1.11. The van der Waals surface area contributed by atoms with Crippen molar-refractivity contribution in [1.82, 2.24) is 4.90 Å². The molecular weight excluding hydrogens is 344 g/mol. The number of imide groups is 1. The lowest BCUT2D eigenvalue weighted by Gasteiger charge is -2.27. The fourth-order valence-corrected chi connectivity index (χ4v) is 3.35. The van der Waals surface area contributed by atoms with Gasteiger partial charge in [0, 0.05) is 13.0 Å². The number of nitrogens with one attached hydrogen (secondary N) is 1. The second kappa shape index (κ2) is 7.38. The first kappa shape index (κ1) is 17.2. The van der Waals surface area contributed by atoms with E-state index in [1.54, 1.807) is 17.0 Å². The third kappa shape index (κ3) is 3.41. The Morgan fingerprint density at radius 2 is 1.64 bits per heavy atom. The number of likely N-dealkylation sites (tertiary alicyclic amines) is 1. The van der Waals surface area contributed by atoms with Crippen molar-refractivity contribution in [1.29, 1.82) is 0 Å². The zero-order chi connectivity index (χ0) is 14.8. The van der Waals surface area contributed by atoms with Crippen molar-refractivity contribution in [3.8, 4) is 0 Å². The highest BCUT2D eigenvalue weighted by Crippen LogP contribution is 2.22. The first-order valence-corrected chi connectivity index (χ1v) is 7.95. The molecule has 4 nitrogen and oxygen atoms in total. The predicted octanol–water partition coefficient (Wildman–Crippen LogP) is -2.01. The van der Waals surface area contributed by atoms with Gasteiger partial charge in [0.2, 0.25) is 0 Å². The van der Waals surface area contributed by atoms with Crippen molar-refractivity contribution in [2.24, 2.45) is 5.92 Å². The fourth-order valence-electron chi connectivity index (χ4n) is 3.35. The molecule has 0 radical (unpaired) electrons. The monoisotopic (exact) mass is 366 g/mol. The molecule has 0 unspecified atom stereocenters. The van der Waals surface area contributed by atoms with Crippen LogP contribution in [0.25, 0.3) is 0 Å². The van der Waals surface area contributed by atoms with Gasteiger partial charge in [-0.25, -0.2) is 0 Å². The molecule has 1 aromatic rings. The molecule has 22 heavy (non-hydrogen) atoms. The Hall–Kier alpha value is -1.20. The van der Waals surface area contributed by atoms with Crippen molar-refractivity contribution in [3.63, 3.8) is 0 Å². The molecule has 0 spiro atoms. The second-order valence-corrected chi connectivity index (χ2v) is 6.34. The molecule has 2 amide bonds. The Bertz CT molecular complexity index is 518. The van der Waals surface area contributed by atoms with Crippen molar-refractivity contribution in [2.45, 2.75) is 26.2 Å². The zero-order valence-corrected chi connectivity index (χ0v) is 14.6. The smallest absolute Gasteiger partial charge is 0.261 e. The van der Waals surface area contributed by atoms with Crippen LogP contribution in [0.1, 0.15) is 46.9 Å². The summed E-state index contributed by atoms with van der Waals surface area (Å²) in [7, 11) is 0. The third-order valence-corrected chi connectivity index (χ3v) is 4.77. The molecule has 0 atom stereocenters. The molecule has 0 saturated carbocycles. The summed E-state index contributed by atoms with van der Waals surface area (Å²) < 4.78 is 0. The van der Waals surface area contributed by atoms with Crippen LogP contribution in [-0.4, -0.2) is 42.9 Å². The minimum atomic E-state index is -0.127. The van der Waals surface area contributed by atoms with Gasteiger partial charge in [-0.05, 0) is 30.9 Å². The van der Waals surface area contributed by atoms with Crippen molar-refractivity contribution >= 4 is 11.8 Å². The molecule has 1 N–H and O–H groups in total. The average molecular weight is 367 g/mol. The number of amides is 2. The van der Waals surface area contributed by atoms with Crippen molar-refractivity contribution in [2.75, 3.05) is 26.2 Å². The van der Waals surface area contributed by atoms with E-state index in [9.17, 15) is 9.59 Å². The van der Waals surface area contributed by atoms with E-state index in [1.807, 2.05) is 12.1 Å². The van der Waals surface area contributed by atoms with Crippen LogP contribution >= 0.6 is 0 Å². The van der Waals surface area contributed by atoms with Gasteiger partial charge in [0.1, 0.15) is 0 Å². The van der Waals surface area contributed by atoms with Crippen LogP contribution < -0.4 is 21.9 Å². The lowest BCUT2D eigenvalue weighted by molar-refractivity contribution is -0.906. The zero-order valence-electron chi connectivity index (χ0n) is 13.0. The Labute approximate surface area is 142 Å². The standard InChI is InChI=1S/C17H22N2O2.BrH/c1-13-7-11-18(12-8-13)9-4-10-19-16(20)14-5-2-3-6-15(14)17(19)21;/h2-3,5-6,13H,4,7-12H2,1H3;1H. The van der Waals surface area contributed by atoms with E-state index in [0.29, 0.717) is 17.7 Å². The van der Waals surface area contributed by atoms with Gasteiger partial charge in [0.25, 0.3) is 11.8 Å². The van der Waals surface area contributed by atoms with E-state index in [4.69, 9.17) is 0 Å². The highest BCUT2D eigenvalue weighted by Gasteiger charge is 2.34. The van der Waals surface area contributed by atoms with E-state index >= 15 is 0 Å². The number of nitrogens with zero attached hydrogens (tertiary/aromatic N) is 1. The quantitative estimate of drug-likeness (QED) is 0.626. The van der Waals surface area contributed by atoms with E-state index < -0.39 is 0 Å². The number of quaternary nitrogens is 1. The van der Waals surface area contributed by atoms with Crippen molar-refractivity contribution in [3.05, 3.63) is 35.4 Å². The Morgan fingerprint density at radius 1 is 1.09 bits per heavy atom. The average Bonchev–Trinajstić information content (AvgIpc) is 2.75. The maximum absolute atomic E-state index is 12.2. The molecule has 2 aliphatic heterocycles. The minimum absolute atomic E-state index is 0.